The van der Waals surface area contributed by atoms with E-state index in [2.05, 4.69) is 5.32 Å². The van der Waals surface area contributed by atoms with Crippen LogP contribution in [0.2, 0.25) is 0 Å². The topological polar surface area (TPSA) is 21.3 Å². The number of methoxy groups -OCH3 is 1. The molecule has 1 unspecified atom stereocenters. The van der Waals surface area contributed by atoms with E-state index in [1.807, 2.05) is 0 Å². The number of ether oxygens (including phenoxy) is 1. The van der Waals surface area contributed by atoms with Gasteiger partial charge in [-0.25, -0.2) is 0 Å². The molecule has 0 heterocycles. The number of benzene rings is 1. The maximum atomic E-state index is 13.0. The lowest BCUT2D eigenvalue weighted by Crippen LogP contribution is -2.43. The van der Waals surface area contributed by atoms with E-state index in [1.54, 1.807) is 32.0 Å². The maximum absolute atomic E-state index is 13.0. The van der Waals surface area contributed by atoms with E-state index in [4.69, 9.17) is 4.74 Å². The van der Waals surface area contributed by atoms with Crippen molar-refractivity contribution in [1.29, 1.82) is 0 Å². The average Bonchev–Trinajstić information content (AvgIpc) is 2.29. The summed E-state index contributed by atoms with van der Waals surface area (Å²) in [5.74, 6) is 0. The van der Waals surface area contributed by atoms with Crippen LogP contribution in [-0.4, -0.2) is 25.4 Å². The quantitative estimate of drug-likeness (QED) is 0.878. The molecule has 0 aliphatic rings. The van der Waals surface area contributed by atoms with Gasteiger partial charge >= 0.3 is 6.18 Å². The van der Waals surface area contributed by atoms with E-state index in [-0.39, 0.29) is 12.1 Å². The fourth-order valence-corrected chi connectivity index (χ4v) is 1.49. The van der Waals surface area contributed by atoms with E-state index < -0.39 is 17.8 Å². The number of hydrogen-bond acceptors (Lipinski definition) is 2. The van der Waals surface area contributed by atoms with Crippen LogP contribution in [0.3, 0.4) is 0 Å². The van der Waals surface area contributed by atoms with Crippen LogP contribution in [0, 0.1) is 0 Å². The fraction of sp³-hybridized carbons (Fsp3) is 0.538. The molecule has 1 aromatic rings. The summed E-state index contributed by atoms with van der Waals surface area (Å²) in [7, 11) is 1.48. The maximum Gasteiger partial charge on any atom is 0.407 e. The van der Waals surface area contributed by atoms with Crippen molar-refractivity contribution >= 4 is 0 Å². The summed E-state index contributed by atoms with van der Waals surface area (Å²) in [6, 6.07) is 6.13. The monoisotopic (exact) mass is 261 g/mol. The van der Waals surface area contributed by atoms with Crippen molar-refractivity contribution in [3.8, 4) is 0 Å². The molecular formula is C13H18F3NO. The predicted molar refractivity (Wildman–Crippen MR) is 64.3 cm³/mol. The highest BCUT2D eigenvalue weighted by Gasteiger charge is 2.41. The van der Waals surface area contributed by atoms with Gasteiger partial charge in [-0.15, -0.1) is 0 Å². The zero-order valence-corrected chi connectivity index (χ0v) is 10.7. The molecule has 0 fully saturated rings. The molecule has 0 spiro atoms. The molecule has 102 valence electrons. The van der Waals surface area contributed by atoms with Gasteiger partial charge in [0, 0.05) is 13.7 Å². The second-order valence-electron chi connectivity index (χ2n) is 4.73. The molecule has 0 radical (unpaired) electrons. The first-order valence-corrected chi connectivity index (χ1v) is 5.66. The van der Waals surface area contributed by atoms with Crippen LogP contribution in [0.1, 0.15) is 25.5 Å². The summed E-state index contributed by atoms with van der Waals surface area (Å²) in [5, 5.41) is 2.52. The second kappa shape index (κ2) is 5.71. The van der Waals surface area contributed by atoms with Crippen LogP contribution in [-0.2, 0) is 4.74 Å². The first kappa shape index (κ1) is 15.0. The van der Waals surface area contributed by atoms with Crippen molar-refractivity contribution in [2.24, 2.45) is 0 Å². The highest BCUT2D eigenvalue weighted by molar-refractivity contribution is 5.20. The standard InChI is InChI=1S/C13H18F3NO/c1-12(2,18-3)9-17-11(13(14,15)16)10-7-5-4-6-8-10/h4-8,11,17H,9H2,1-3H3. The van der Waals surface area contributed by atoms with Gasteiger partial charge in [0.2, 0.25) is 0 Å². The SMILES string of the molecule is COC(C)(C)CNC(c1ccccc1)C(F)(F)F. The number of alkyl halides is 3. The smallest absolute Gasteiger partial charge is 0.377 e. The minimum Gasteiger partial charge on any atom is -0.377 e. The van der Waals surface area contributed by atoms with E-state index in [1.165, 1.54) is 19.2 Å². The largest absolute Gasteiger partial charge is 0.407 e. The molecule has 0 aliphatic heterocycles. The highest BCUT2D eigenvalue weighted by atomic mass is 19.4. The van der Waals surface area contributed by atoms with E-state index in [0.717, 1.165) is 0 Å². The number of rotatable bonds is 5. The molecule has 1 atom stereocenters. The molecule has 0 amide bonds. The summed E-state index contributed by atoms with van der Waals surface area (Å²) >= 11 is 0. The molecule has 2 nitrogen and oxygen atoms in total. The third-order valence-electron chi connectivity index (χ3n) is 2.74. The van der Waals surface area contributed by atoms with Gasteiger partial charge in [0.15, 0.2) is 0 Å². The van der Waals surface area contributed by atoms with E-state index in [9.17, 15) is 13.2 Å². The minimum atomic E-state index is -4.33. The number of halogens is 3. The summed E-state index contributed by atoms with van der Waals surface area (Å²) < 4.78 is 44.1. The molecule has 0 saturated carbocycles. The Morgan fingerprint density at radius 3 is 2.17 bits per heavy atom. The lowest BCUT2D eigenvalue weighted by Gasteiger charge is -2.28. The van der Waals surface area contributed by atoms with Crippen molar-refractivity contribution in [2.75, 3.05) is 13.7 Å². The Hall–Kier alpha value is -1.07. The van der Waals surface area contributed by atoms with Crippen molar-refractivity contribution in [1.82, 2.24) is 5.32 Å². The van der Waals surface area contributed by atoms with Crippen molar-refractivity contribution < 1.29 is 17.9 Å². The molecule has 18 heavy (non-hydrogen) atoms. The Morgan fingerprint density at radius 1 is 1.17 bits per heavy atom. The Morgan fingerprint density at radius 2 is 1.72 bits per heavy atom. The normalized spacial score (nSPS) is 14.6. The fourth-order valence-electron chi connectivity index (χ4n) is 1.49. The summed E-state index contributed by atoms with van der Waals surface area (Å²) in [6.45, 7) is 3.58. The van der Waals surface area contributed by atoms with Crippen LogP contribution in [0.15, 0.2) is 30.3 Å². The van der Waals surface area contributed by atoms with Crippen LogP contribution in [0.25, 0.3) is 0 Å². The molecule has 1 aromatic carbocycles. The third kappa shape index (κ3) is 4.31. The molecule has 5 heteroatoms. The van der Waals surface area contributed by atoms with Gasteiger partial charge < -0.3 is 4.74 Å². The van der Waals surface area contributed by atoms with Gasteiger partial charge in [-0.3, -0.25) is 5.32 Å². The van der Waals surface area contributed by atoms with Crippen molar-refractivity contribution in [2.45, 2.75) is 31.7 Å². The zero-order chi connectivity index (χ0) is 13.8. The van der Waals surface area contributed by atoms with Gasteiger partial charge in [-0.1, -0.05) is 30.3 Å². The molecule has 0 aliphatic carbocycles. The second-order valence-corrected chi connectivity index (χ2v) is 4.73. The summed E-state index contributed by atoms with van der Waals surface area (Å²) in [6.07, 6.45) is -4.33. The molecule has 1 rings (SSSR count). The lowest BCUT2D eigenvalue weighted by atomic mass is 10.0. The summed E-state index contributed by atoms with van der Waals surface area (Å²) in [4.78, 5) is 0. The Labute approximate surface area is 105 Å². The number of hydrogen-bond donors (Lipinski definition) is 1. The van der Waals surface area contributed by atoms with Crippen LogP contribution in [0.4, 0.5) is 13.2 Å². The molecule has 0 aromatic heterocycles. The third-order valence-corrected chi connectivity index (χ3v) is 2.74. The van der Waals surface area contributed by atoms with Crippen LogP contribution < -0.4 is 5.32 Å². The van der Waals surface area contributed by atoms with Gasteiger partial charge in [-0.2, -0.15) is 13.2 Å². The minimum absolute atomic E-state index is 0.114. The Kier molecular flexibility index (Phi) is 4.76. The molecule has 1 N–H and O–H groups in total. The van der Waals surface area contributed by atoms with E-state index in [0.29, 0.717) is 0 Å². The van der Waals surface area contributed by atoms with Gasteiger partial charge in [0.1, 0.15) is 6.04 Å². The number of nitrogens with one attached hydrogen (secondary N) is 1. The first-order chi connectivity index (χ1) is 8.26. The molecule has 0 saturated heterocycles. The Bertz CT molecular complexity index is 362. The lowest BCUT2D eigenvalue weighted by molar-refractivity contribution is -0.160. The van der Waals surface area contributed by atoms with Crippen molar-refractivity contribution in [3.63, 3.8) is 0 Å². The van der Waals surface area contributed by atoms with Crippen molar-refractivity contribution in [3.05, 3.63) is 35.9 Å². The molecular weight excluding hydrogens is 243 g/mol. The predicted octanol–water partition coefficient (Wildman–Crippen LogP) is 3.30. The van der Waals surface area contributed by atoms with Gasteiger partial charge in [0.25, 0.3) is 0 Å². The average molecular weight is 261 g/mol. The molecule has 0 bridgehead atoms. The van der Waals surface area contributed by atoms with Gasteiger partial charge in [0.05, 0.1) is 5.60 Å². The summed E-state index contributed by atoms with van der Waals surface area (Å²) in [5.41, 5.74) is -0.435. The van der Waals surface area contributed by atoms with Crippen LogP contribution >= 0.6 is 0 Å². The van der Waals surface area contributed by atoms with E-state index >= 15 is 0 Å². The first-order valence-electron chi connectivity index (χ1n) is 5.66. The van der Waals surface area contributed by atoms with Crippen LogP contribution in [0.5, 0.6) is 0 Å². The Balaban J connectivity index is 2.82. The zero-order valence-electron chi connectivity index (χ0n) is 10.7. The highest BCUT2D eigenvalue weighted by Crippen LogP contribution is 2.32. The van der Waals surface area contributed by atoms with Gasteiger partial charge in [-0.05, 0) is 19.4 Å².